The van der Waals surface area contributed by atoms with Crippen LogP contribution in [0.2, 0.25) is 0 Å². The van der Waals surface area contributed by atoms with Gasteiger partial charge in [-0.15, -0.1) is 0 Å². The molecule has 334 valence electrons. The first-order valence-corrected chi connectivity index (χ1v) is 22.0. The molecule has 0 saturated carbocycles. The summed E-state index contributed by atoms with van der Waals surface area (Å²) >= 11 is 0. The summed E-state index contributed by atoms with van der Waals surface area (Å²) in [7, 11) is 4.19. The smallest absolute Gasteiger partial charge is 0.360 e. The Kier molecular flexibility index (Phi) is 13.1. The van der Waals surface area contributed by atoms with E-state index in [0.29, 0.717) is 63.2 Å². The highest BCUT2D eigenvalue weighted by molar-refractivity contribution is 6.02. The Hall–Kier alpha value is -6.64. The summed E-state index contributed by atoms with van der Waals surface area (Å²) in [6.45, 7) is 11.5. The highest BCUT2D eigenvalue weighted by atomic mass is 16.5. The SMILES string of the molecule is Cc1ccc(NC(=O)Nc2cc3ccc(OC4CCN(C)CC4)c(C)c3oc2=O)c(CCc2c(OC3CCN(C)CC3)ccc3cc(NC(=O)Nc4ccc(C)c(C)c4)c(=O)oc23)c1. The summed E-state index contributed by atoms with van der Waals surface area (Å²) in [5.41, 5.74) is 5.88. The minimum Gasteiger partial charge on any atom is -0.490 e. The topological polar surface area (TPSA) is 168 Å². The van der Waals surface area contributed by atoms with E-state index >= 15 is 0 Å². The molecule has 0 radical (unpaired) electrons. The molecule has 2 aromatic heterocycles. The van der Waals surface area contributed by atoms with Gasteiger partial charge in [0.05, 0.1) is 0 Å². The molecule has 4 N–H and O–H groups in total. The molecule has 0 unspecified atom stereocenters. The molecule has 0 bridgehead atoms. The second-order valence-electron chi connectivity index (χ2n) is 17.3. The highest BCUT2D eigenvalue weighted by Crippen LogP contribution is 2.34. The van der Waals surface area contributed by atoms with Crippen molar-refractivity contribution in [2.24, 2.45) is 0 Å². The van der Waals surface area contributed by atoms with Crippen molar-refractivity contribution in [3.63, 3.8) is 0 Å². The number of rotatable bonds is 11. The van der Waals surface area contributed by atoms with Crippen molar-refractivity contribution >= 4 is 56.8 Å². The molecule has 2 aliphatic heterocycles. The van der Waals surface area contributed by atoms with Crippen LogP contribution in [0.15, 0.2) is 91.2 Å². The quantitative estimate of drug-likeness (QED) is 0.0922. The van der Waals surface area contributed by atoms with Gasteiger partial charge in [0.2, 0.25) is 0 Å². The molecule has 6 aromatic rings. The number of benzene rings is 4. The van der Waals surface area contributed by atoms with Crippen LogP contribution in [0.1, 0.15) is 59.1 Å². The minimum atomic E-state index is -0.704. The number of likely N-dealkylation sites (tertiary alicyclic amines) is 2. The standard InChI is InChI=1S/C50H56N6O8/c1-29-7-14-40(52-50(60)54-41-27-34-10-15-43(32(4)45(34)63-47(41)57)61-37-17-21-55(5)22-18-37)33(25-29)9-13-39-44(62-38-19-23-56(6)24-20-38)16-11-35-28-42(48(58)64-46(35)39)53-49(59)51-36-12-8-30(2)31(3)26-36/h7-8,10-12,14-16,25-28,37-38H,9,13,17-24H2,1-6H3,(H2,51,53,59)(H2,52,54,60). The average Bonchev–Trinajstić information content (AvgIpc) is 3.26. The lowest BCUT2D eigenvalue weighted by Crippen LogP contribution is -2.35. The fourth-order valence-electron chi connectivity index (χ4n) is 8.43. The third kappa shape index (κ3) is 10.2. The number of nitrogens with one attached hydrogen (secondary N) is 4. The van der Waals surface area contributed by atoms with E-state index in [1.807, 2.05) is 82.3 Å². The number of anilines is 4. The van der Waals surface area contributed by atoms with Crippen molar-refractivity contribution in [3.8, 4) is 11.5 Å². The monoisotopic (exact) mass is 868 g/mol. The molecule has 2 fully saturated rings. The molecule has 2 aliphatic rings. The number of carbonyl (C=O) groups is 2. The summed E-state index contributed by atoms with van der Waals surface area (Å²) < 4.78 is 24.7. The molecule has 4 heterocycles. The van der Waals surface area contributed by atoms with Crippen LogP contribution < -0.4 is 42.0 Å². The number of piperidine rings is 2. The van der Waals surface area contributed by atoms with Crippen molar-refractivity contribution < 1.29 is 27.9 Å². The van der Waals surface area contributed by atoms with Crippen LogP contribution in [0.4, 0.5) is 32.3 Å². The fourth-order valence-corrected chi connectivity index (χ4v) is 8.43. The largest absolute Gasteiger partial charge is 0.490 e. The van der Waals surface area contributed by atoms with Gasteiger partial charge in [-0.1, -0.05) is 23.8 Å². The fraction of sp³-hybridized carbons (Fsp3) is 0.360. The predicted molar refractivity (Wildman–Crippen MR) is 252 cm³/mol. The van der Waals surface area contributed by atoms with Gasteiger partial charge >= 0.3 is 23.3 Å². The number of urea groups is 2. The molecular formula is C50H56N6O8. The van der Waals surface area contributed by atoms with E-state index in [9.17, 15) is 19.2 Å². The average molecular weight is 869 g/mol. The maximum Gasteiger partial charge on any atom is 0.360 e. The summed E-state index contributed by atoms with van der Waals surface area (Å²) in [5.74, 6) is 1.29. The number of fused-ring (bicyclic) bond motifs is 2. The van der Waals surface area contributed by atoms with Gasteiger partial charge in [-0.2, -0.15) is 0 Å². The maximum atomic E-state index is 13.6. The van der Waals surface area contributed by atoms with Gasteiger partial charge in [0.15, 0.2) is 0 Å². The van der Waals surface area contributed by atoms with E-state index in [1.165, 1.54) is 0 Å². The third-order valence-electron chi connectivity index (χ3n) is 12.4. The Bertz CT molecular complexity index is 2840. The summed E-state index contributed by atoms with van der Waals surface area (Å²) in [5, 5.41) is 12.3. The minimum absolute atomic E-state index is 0.000107. The Labute approximate surface area is 371 Å². The Balaban J connectivity index is 1.01. The number of amides is 4. The second kappa shape index (κ2) is 19.0. The number of aryl methyl sites for hydroxylation is 6. The van der Waals surface area contributed by atoms with Crippen molar-refractivity contribution in [2.45, 2.75) is 78.4 Å². The van der Waals surface area contributed by atoms with Gasteiger partial charge in [-0.05, 0) is 152 Å². The molecule has 4 aromatic carbocycles. The van der Waals surface area contributed by atoms with E-state index in [1.54, 1.807) is 18.2 Å². The Morgan fingerprint density at radius 2 is 1.14 bits per heavy atom. The van der Waals surface area contributed by atoms with Crippen molar-refractivity contribution in [3.05, 3.63) is 127 Å². The summed E-state index contributed by atoms with van der Waals surface area (Å²) in [4.78, 5) is 57.9. The van der Waals surface area contributed by atoms with Crippen LogP contribution in [0.5, 0.6) is 11.5 Å². The molecule has 14 heteroatoms. The van der Waals surface area contributed by atoms with E-state index in [2.05, 4.69) is 45.2 Å². The molecule has 14 nitrogen and oxygen atoms in total. The number of nitrogens with zero attached hydrogens (tertiary/aromatic N) is 2. The van der Waals surface area contributed by atoms with Gasteiger partial charge in [-0.3, -0.25) is 0 Å². The molecule has 8 rings (SSSR count). The first kappa shape index (κ1) is 44.0. The normalized spacial score (nSPS) is 15.3. The molecule has 4 amide bonds. The van der Waals surface area contributed by atoms with Gasteiger partial charge in [0.25, 0.3) is 0 Å². The molecule has 0 spiro atoms. The number of ether oxygens (including phenoxy) is 2. The predicted octanol–water partition coefficient (Wildman–Crippen LogP) is 9.15. The third-order valence-corrected chi connectivity index (χ3v) is 12.4. The van der Waals surface area contributed by atoms with E-state index in [-0.39, 0.29) is 23.6 Å². The Morgan fingerprint density at radius 1 is 0.594 bits per heavy atom. The van der Waals surface area contributed by atoms with Gasteiger partial charge in [-0.25, -0.2) is 19.2 Å². The van der Waals surface area contributed by atoms with Crippen LogP contribution in [0, 0.1) is 27.7 Å². The number of hydrogen-bond donors (Lipinski definition) is 4. The first-order valence-electron chi connectivity index (χ1n) is 22.0. The van der Waals surface area contributed by atoms with E-state index in [4.69, 9.17) is 18.3 Å². The van der Waals surface area contributed by atoms with E-state index < -0.39 is 23.3 Å². The van der Waals surface area contributed by atoms with Crippen LogP contribution >= 0.6 is 0 Å². The van der Waals surface area contributed by atoms with E-state index in [0.717, 1.165) is 79.7 Å². The zero-order valence-corrected chi connectivity index (χ0v) is 37.3. The highest BCUT2D eigenvalue weighted by Gasteiger charge is 2.24. The molecular weight excluding hydrogens is 813 g/mol. The summed E-state index contributed by atoms with van der Waals surface area (Å²) in [6, 6.07) is 20.8. The van der Waals surface area contributed by atoms with Crippen molar-refractivity contribution in [1.29, 1.82) is 0 Å². The van der Waals surface area contributed by atoms with Gasteiger partial charge in [0.1, 0.15) is 46.2 Å². The molecule has 2 saturated heterocycles. The summed E-state index contributed by atoms with van der Waals surface area (Å²) in [6.07, 6.45) is 4.43. The second-order valence-corrected chi connectivity index (χ2v) is 17.3. The number of hydrogen-bond acceptors (Lipinski definition) is 10. The molecule has 0 aliphatic carbocycles. The lowest BCUT2D eigenvalue weighted by Gasteiger charge is -2.30. The lowest BCUT2D eigenvalue weighted by molar-refractivity contribution is 0.113. The van der Waals surface area contributed by atoms with Crippen LogP contribution in [0.3, 0.4) is 0 Å². The lowest BCUT2D eigenvalue weighted by atomic mass is 9.98. The maximum absolute atomic E-state index is 13.6. The molecule has 64 heavy (non-hydrogen) atoms. The number of carbonyl (C=O) groups excluding carboxylic acids is 2. The van der Waals surface area contributed by atoms with Crippen molar-refractivity contribution in [1.82, 2.24) is 9.80 Å². The van der Waals surface area contributed by atoms with Crippen LogP contribution in [-0.2, 0) is 12.8 Å². The van der Waals surface area contributed by atoms with Crippen LogP contribution in [-0.4, -0.2) is 74.3 Å². The zero-order valence-electron chi connectivity index (χ0n) is 37.3. The zero-order chi connectivity index (χ0) is 45.1. The molecule has 0 atom stereocenters. The van der Waals surface area contributed by atoms with Gasteiger partial charge < -0.3 is 49.4 Å². The van der Waals surface area contributed by atoms with Crippen molar-refractivity contribution in [2.75, 3.05) is 61.5 Å². The van der Waals surface area contributed by atoms with Crippen LogP contribution in [0.25, 0.3) is 21.9 Å². The van der Waals surface area contributed by atoms with Gasteiger partial charge in [0, 0.05) is 59.5 Å². The Morgan fingerprint density at radius 3 is 1.77 bits per heavy atom. The first-order chi connectivity index (χ1) is 30.8.